The third kappa shape index (κ3) is 4.15. The fraction of sp³-hybridized carbons (Fsp3) is 0.471. The van der Waals surface area contributed by atoms with Crippen molar-refractivity contribution in [2.45, 2.75) is 37.0 Å². The van der Waals surface area contributed by atoms with Crippen molar-refractivity contribution >= 4 is 17.7 Å². The second-order valence-corrected chi connectivity index (χ2v) is 7.09. The van der Waals surface area contributed by atoms with Gasteiger partial charge in [-0.15, -0.1) is 11.8 Å². The summed E-state index contributed by atoms with van der Waals surface area (Å²) in [5.74, 6) is 2.16. The highest BCUT2D eigenvalue weighted by Gasteiger charge is 2.24. The van der Waals surface area contributed by atoms with E-state index in [1.165, 1.54) is 11.8 Å². The molecule has 1 fully saturated rings. The van der Waals surface area contributed by atoms with Crippen molar-refractivity contribution < 1.29 is 9.32 Å². The van der Waals surface area contributed by atoms with Gasteiger partial charge in [0.15, 0.2) is 5.82 Å². The highest BCUT2D eigenvalue weighted by Crippen LogP contribution is 2.26. The average molecular weight is 346 g/mol. The first kappa shape index (κ1) is 17.0. The predicted octanol–water partition coefficient (Wildman–Crippen LogP) is 2.40. The summed E-state index contributed by atoms with van der Waals surface area (Å²) in [6.07, 6.45) is 0.962. The van der Waals surface area contributed by atoms with Crippen LogP contribution < -0.4 is 10.6 Å². The van der Waals surface area contributed by atoms with Gasteiger partial charge in [-0.3, -0.25) is 4.79 Å². The maximum Gasteiger partial charge on any atom is 0.252 e. The topological polar surface area (TPSA) is 80.0 Å². The highest BCUT2D eigenvalue weighted by atomic mass is 32.2. The minimum absolute atomic E-state index is 0.0152. The van der Waals surface area contributed by atoms with Crippen molar-refractivity contribution in [3.05, 3.63) is 41.5 Å². The third-order valence-corrected chi connectivity index (χ3v) is 5.21. The fourth-order valence-corrected chi connectivity index (χ4v) is 3.68. The smallest absolute Gasteiger partial charge is 0.252 e. The molecule has 2 heterocycles. The molecule has 1 saturated heterocycles. The molecule has 0 aliphatic carbocycles. The van der Waals surface area contributed by atoms with Crippen LogP contribution in [0.5, 0.6) is 0 Å². The van der Waals surface area contributed by atoms with Crippen molar-refractivity contribution in [2.75, 3.05) is 13.1 Å². The lowest BCUT2D eigenvalue weighted by molar-refractivity contribution is 0.0911. The predicted molar refractivity (Wildman–Crippen MR) is 92.9 cm³/mol. The molecule has 1 aliphatic heterocycles. The number of nitrogens with zero attached hydrogens (tertiary/aromatic N) is 2. The summed E-state index contributed by atoms with van der Waals surface area (Å²) in [6.45, 7) is 5.84. The molecular formula is C17H22N4O2S. The van der Waals surface area contributed by atoms with Crippen molar-refractivity contribution in [1.29, 1.82) is 0 Å². The number of thioether (sulfide) groups is 1. The molecule has 6 nitrogen and oxygen atoms in total. The Hall–Kier alpha value is -1.86. The Morgan fingerprint density at radius 3 is 3.04 bits per heavy atom. The molecule has 1 aromatic heterocycles. The van der Waals surface area contributed by atoms with E-state index in [2.05, 4.69) is 27.7 Å². The highest BCUT2D eigenvalue weighted by molar-refractivity contribution is 7.98. The SMILES string of the molecule is Cc1noc(CSc2ccccc2C(=O)NC2CCNCC2C)n1. The summed E-state index contributed by atoms with van der Waals surface area (Å²) >= 11 is 1.54. The molecular weight excluding hydrogens is 324 g/mol. The summed E-state index contributed by atoms with van der Waals surface area (Å²) in [7, 11) is 0. The molecule has 2 aromatic rings. The van der Waals surface area contributed by atoms with Crippen molar-refractivity contribution in [3.8, 4) is 0 Å². The van der Waals surface area contributed by atoms with Gasteiger partial charge in [-0.05, 0) is 44.5 Å². The Balaban J connectivity index is 1.67. The third-order valence-electron chi connectivity index (χ3n) is 4.15. The van der Waals surface area contributed by atoms with Crippen LogP contribution in [-0.2, 0) is 5.75 Å². The van der Waals surface area contributed by atoms with E-state index in [0.717, 1.165) is 24.4 Å². The normalized spacial score (nSPS) is 20.8. The van der Waals surface area contributed by atoms with Gasteiger partial charge in [-0.1, -0.05) is 24.2 Å². The van der Waals surface area contributed by atoms with Crippen LogP contribution in [-0.4, -0.2) is 35.2 Å². The van der Waals surface area contributed by atoms with Gasteiger partial charge in [0.05, 0.1) is 11.3 Å². The molecule has 0 bridgehead atoms. The van der Waals surface area contributed by atoms with Crippen LogP contribution in [0.1, 0.15) is 35.4 Å². The number of carbonyl (C=O) groups excluding carboxylic acids is 1. The molecule has 7 heteroatoms. The van der Waals surface area contributed by atoms with Crippen molar-refractivity contribution in [2.24, 2.45) is 5.92 Å². The van der Waals surface area contributed by atoms with Crippen LogP contribution in [0.2, 0.25) is 0 Å². The van der Waals surface area contributed by atoms with E-state index < -0.39 is 0 Å². The number of rotatable bonds is 5. The second kappa shape index (κ2) is 7.81. The van der Waals surface area contributed by atoms with Gasteiger partial charge in [-0.25, -0.2) is 0 Å². The number of carbonyl (C=O) groups is 1. The lowest BCUT2D eigenvalue weighted by Crippen LogP contribution is -2.48. The number of amides is 1. The van der Waals surface area contributed by atoms with Gasteiger partial charge >= 0.3 is 0 Å². The first-order valence-corrected chi connectivity index (χ1v) is 9.14. The van der Waals surface area contributed by atoms with Crippen LogP contribution in [0, 0.1) is 12.8 Å². The molecule has 0 saturated carbocycles. The van der Waals surface area contributed by atoms with E-state index in [4.69, 9.17) is 4.52 Å². The molecule has 1 aliphatic rings. The minimum Gasteiger partial charge on any atom is -0.349 e. The quantitative estimate of drug-likeness (QED) is 0.809. The molecule has 1 aromatic carbocycles. The first-order chi connectivity index (χ1) is 11.6. The van der Waals surface area contributed by atoms with Gasteiger partial charge in [-0.2, -0.15) is 4.98 Å². The number of piperidine rings is 1. The van der Waals surface area contributed by atoms with Crippen LogP contribution >= 0.6 is 11.8 Å². The van der Waals surface area contributed by atoms with Crippen LogP contribution in [0.25, 0.3) is 0 Å². The van der Waals surface area contributed by atoms with Gasteiger partial charge in [0.2, 0.25) is 5.89 Å². The lowest BCUT2D eigenvalue weighted by Gasteiger charge is -2.30. The van der Waals surface area contributed by atoms with E-state index in [0.29, 0.717) is 28.9 Å². The van der Waals surface area contributed by atoms with Crippen molar-refractivity contribution in [1.82, 2.24) is 20.8 Å². The Morgan fingerprint density at radius 1 is 1.46 bits per heavy atom. The first-order valence-electron chi connectivity index (χ1n) is 8.16. The summed E-state index contributed by atoms with van der Waals surface area (Å²) < 4.78 is 5.13. The van der Waals surface area contributed by atoms with Crippen molar-refractivity contribution in [3.63, 3.8) is 0 Å². The zero-order valence-corrected chi connectivity index (χ0v) is 14.7. The Kier molecular flexibility index (Phi) is 5.52. The fourth-order valence-electron chi connectivity index (χ4n) is 2.79. The van der Waals surface area contributed by atoms with Gasteiger partial charge in [0, 0.05) is 10.9 Å². The molecule has 0 radical (unpaired) electrons. The maximum atomic E-state index is 12.7. The molecule has 1 amide bonds. The molecule has 2 N–H and O–H groups in total. The minimum atomic E-state index is -0.0152. The van der Waals surface area contributed by atoms with Crippen LogP contribution in [0.15, 0.2) is 33.7 Å². The average Bonchev–Trinajstić information content (AvgIpc) is 3.01. The summed E-state index contributed by atoms with van der Waals surface area (Å²) in [5, 5.41) is 10.3. The van der Waals surface area contributed by atoms with E-state index in [1.807, 2.05) is 24.3 Å². The van der Waals surface area contributed by atoms with Crippen LogP contribution in [0.3, 0.4) is 0 Å². The van der Waals surface area contributed by atoms with E-state index in [9.17, 15) is 4.79 Å². The summed E-state index contributed by atoms with van der Waals surface area (Å²) in [5.41, 5.74) is 0.699. The number of hydrogen-bond acceptors (Lipinski definition) is 6. The molecule has 3 rings (SSSR count). The van der Waals surface area contributed by atoms with Gasteiger partial charge in [0.25, 0.3) is 5.91 Å². The van der Waals surface area contributed by atoms with E-state index >= 15 is 0 Å². The second-order valence-electron chi connectivity index (χ2n) is 6.07. The zero-order valence-electron chi connectivity index (χ0n) is 13.9. The van der Waals surface area contributed by atoms with E-state index in [1.54, 1.807) is 6.92 Å². The van der Waals surface area contributed by atoms with Crippen LogP contribution in [0.4, 0.5) is 0 Å². The number of nitrogens with one attached hydrogen (secondary N) is 2. The largest absolute Gasteiger partial charge is 0.349 e. The summed E-state index contributed by atoms with van der Waals surface area (Å²) in [6, 6.07) is 7.86. The Labute approximate surface area is 145 Å². The standard InChI is InChI=1S/C17H22N4O2S/c1-11-9-18-8-7-14(11)20-17(22)13-5-3-4-6-15(13)24-10-16-19-12(2)21-23-16/h3-6,11,14,18H,7-10H2,1-2H3,(H,20,22). The lowest BCUT2D eigenvalue weighted by atomic mass is 9.95. The number of aryl methyl sites for hydroxylation is 1. The number of benzene rings is 1. The van der Waals surface area contributed by atoms with Gasteiger partial charge < -0.3 is 15.2 Å². The molecule has 2 atom stereocenters. The maximum absolute atomic E-state index is 12.7. The molecule has 2 unspecified atom stereocenters. The zero-order chi connectivity index (χ0) is 16.9. The Morgan fingerprint density at radius 2 is 2.29 bits per heavy atom. The molecule has 128 valence electrons. The number of aromatic nitrogens is 2. The van der Waals surface area contributed by atoms with E-state index in [-0.39, 0.29) is 11.9 Å². The Bertz CT molecular complexity index is 703. The number of hydrogen-bond donors (Lipinski definition) is 2. The summed E-state index contributed by atoms with van der Waals surface area (Å²) in [4.78, 5) is 17.8. The monoisotopic (exact) mass is 346 g/mol. The van der Waals surface area contributed by atoms with Gasteiger partial charge in [0.1, 0.15) is 0 Å². The molecule has 0 spiro atoms. The molecule has 24 heavy (non-hydrogen) atoms.